The molecule has 21 heavy (non-hydrogen) atoms. The molecular weight excluding hydrogens is 276 g/mol. The molecule has 1 atom stereocenters. The van der Waals surface area contributed by atoms with E-state index in [0.717, 1.165) is 12.1 Å². The fraction of sp³-hybridized carbons (Fsp3) is 0.250. The SMILES string of the molecule is CCOc1cccc(NCC(O)c2c(F)cccc2F)c1. The zero-order valence-electron chi connectivity index (χ0n) is 11.6. The van der Waals surface area contributed by atoms with Gasteiger partial charge in [-0.3, -0.25) is 0 Å². The average molecular weight is 293 g/mol. The molecule has 0 saturated heterocycles. The fourth-order valence-corrected chi connectivity index (χ4v) is 2.01. The van der Waals surface area contributed by atoms with Crippen molar-refractivity contribution < 1.29 is 18.6 Å². The zero-order valence-corrected chi connectivity index (χ0v) is 11.6. The maximum Gasteiger partial charge on any atom is 0.132 e. The van der Waals surface area contributed by atoms with Gasteiger partial charge < -0.3 is 15.2 Å². The van der Waals surface area contributed by atoms with Crippen molar-refractivity contribution in [3.8, 4) is 5.75 Å². The Morgan fingerprint density at radius 2 is 1.81 bits per heavy atom. The van der Waals surface area contributed by atoms with E-state index in [1.54, 1.807) is 18.2 Å². The van der Waals surface area contributed by atoms with Crippen molar-refractivity contribution in [2.45, 2.75) is 13.0 Å². The van der Waals surface area contributed by atoms with E-state index < -0.39 is 17.7 Å². The van der Waals surface area contributed by atoms with Crippen LogP contribution in [0.15, 0.2) is 42.5 Å². The summed E-state index contributed by atoms with van der Waals surface area (Å²) in [5, 5.41) is 12.9. The molecule has 0 bridgehead atoms. The first-order chi connectivity index (χ1) is 10.1. The molecule has 0 saturated carbocycles. The molecule has 2 aromatic rings. The van der Waals surface area contributed by atoms with E-state index in [4.69, 9.17) is 4.74 Å². The van der Waals surface area contributed by atoms with Gasteiger partial charge >= 0.3 is 0 Å². The highest BCUT2D eigenvalue weighted by Crippen LogP contribution is 2.22. The second-order valence-corrected chi connectivity index (χ2v) is 4.49. The Morgan fingerprint density at radius 1 is 1.14 bits per heavy atom. The topological polar surface area (TPSA) is 41.5 Å². The molecule has 2 rings (SSSR count). The summed E-state index contributed by atoms with van der Waals surface area (Å²) in [5.74, 6) is -0.825. The van der Waals surface area contributed by atoms with Crippen LogP contribution in [-0.4, -0.2) is 18.3 Å². The van der Waals surface area contributed by atoms with Gasteiger partial charge in [0, 0.05) is 18.3 Å². The van der Waals surface area contributed by atoms with Crippen LogP contribution >= 0.6 is 0 Å². The third-order valence-electron chi connectivity index (χ3n) is 2.98. The third kappa shape index (κ3) is 3.92. The lowest BCUT2D eigenvalue weighted by atomic mass is 10.1. The largest absolute Gasteiger partial charge is 0.494 e. The number of ether oxygens (including phenoxy) is 1. The van der Waals surface area contributed by atoms with Crippen LogP contribution in [-0.2, 0) is 0 Å². The molecule has 0 aliphatic heterocycles. The molecule has 0 aliphatic carbocycles. The molecule has 0 spiro atoms. The number of aliphatic hydroxyl groups is 1. The molecule has 2 N–H and O–H groups in total. The average Bonchev–Trinajstić information content (AvgIpc) is 2.46. The van der Waals surface area contributed by atoms with Gasteiger partial charge in [-0.05, 0) is 31.2 Å². The van der Waals surface area contributed by atoms with E-state index in [1.165, 1.54) is 6.07 Å². The van der Waals surface area contributed by atoms with Crippen LogP contribution in [0.3, 0.4) is 0 Å². The van der Waals surface area contributed by atoms with Crippen molar-refractivity contribution in [3.63, 3.8) is 0 Å². The standard InChI is InChI=1S/C16H17F2NO2/c1-2-21-12-6-3-5-11(9-12)19-10-15(20)16-13(17)7-4-8-14(16)18/h3-9,15,19-20H,2,10H2,1H3. The van der Waals surface area contributed by atoms with Crippen LogP contribution in [0.2, 0.25) is 0 Å². The first-order valence-electron chi connectivity index (χ1n) is 6.70. The number of hydrogen-bond donors (Lipinski definition) is 2. The van der Waals surface area contributed by atoms with Gasteiger partial charge in [0.05, 0.1) is 12.2 Å². The highest BCUT2D eigenvalue weighted by atomic mass is 19.1. The Morgan fingerprint density at radius 3 is 2.48 bits per heavy atom. The smallest absolute Gasteiger partial charge is 0.132 e. The number of hydrogen-bond acceptors (Lipinski definition) is 3. The molecule has 0 aliphatic rings. The molecule has 0 amide bonds. The molecule has 112 valence electrons. The lowest BCUT2D eigenvalue weighted by molar-refractivity contribution is 0.181. The van der Waals surface area contributed by atoms with Crippen molar-refractivity contribution in [1.82, 2.24) is 0 Å². The summed E-state index contributed by atoms with van der Waals surface area (Å²) in [6.07, 6.45) is -1.28. The lowest BCUT2D eigenvalue weighted by Gasteiger charge is -2.15. The van der Waals surface area contributed by atoms with Crippen LogP contribution in [0, 0.1) is 11.6 Å². The van der Waals surface area contributed by atoms with Gasteiger partial charge in [0.2, 0.25) is 0 Å². The van der Waals surface area contributed by atoms with Gasteiger partial charge in [-0.2, -0.15) is 0 Å². The highest BCUT2D eigenvalue weighted by Gasteiger charge is 2.17. The summed E-state index contributed by atoms with van der Waals surface area (Å²) in [7, 11) is 0. The summed E-state index contributed by atoms with van der Waals surface area (Å²) in [6, 6.07) is 10.7. The minimum absolute atomic E-state index is 0.00652. The number of benzene rings is 2. The first kappa shape index (κ1) is 15.3. The van der Waals surface area contributed by atoms with Gasteiger partial charge in [-0.25, -0.2) is 8.78 Å². The minimum Gasteiger partial charge on any atom is -0.494 e. The van der Waals surface area contributed by atoms with E-state index in [1.807, 2.05) is 13.0 Å². The molecule has 0 aromatic heterocycles. The number of rotatable bonds is 6. The minimum atomic E-state index is -1.28. The number of anilines is 1. The molecule has 3 nitrogen and oxygen atoms in total. The van der Waals surface area contributed by atoms with E-state index in [0.29, 0.717) is 18.0 Å². The summed E-state index contributed by atoms with van der Waals surface area (Å²) in [6.45, 7) is 2.42. The van der Waals surface area contributed by atoms with Crippen molar-refractivity contribution in [2.24, 2.45) is 0 Å². The highest BCUT2D eigenvalue weighted by molar-refractivity contribution is 5.48. The summed E-state index contributed by atoms with van der Waals surface area (Å²) in [4.78, 5) is 0. The quantitative estimate of drug-likeness (QED) is 0.856. The maximum absolute atomic E-state index is 13.5. The van der Waals surface area contributed by atoms with Crippen LogP contribution in [0.25, 0.3) is 0 Å². The van der Waals surface area contributed by atoms with E-state index in [-0.39, 0.29) is 12.1 Å². The van der Waals surface area contributed by atoms with Gasteiger partial charge in [0.25, 0.3) is 0 Å². The lowest BCUT2D eigenvalue weighted by Crippen LogP contribution is -2.15. The number of aliphatic hydroxyl groups excluding tert-OH is 1. The molecule has 0 fully saturated rings. The monoisotopic (exact) mass is 293 g/mol. The predicted molar refractivity (Wildman–Crippen MR) is 77.4 cm³/mol. The van der Waals surface area contributed by atoms with Crippen molar-refractivity contribution >= 4 is 5.69 Å². The van der Waals surface area contributed by atoms with Gasteiger partial charge in [-0.15, -0.1) is 0 Å². The normalized spacial score (nSPS) is 12.0. The van der Waals surface area contributed by atoms with Crippen LogP contribution < -0.4 is 10.1 Å². The molecule has 5 heteroatoms. The van der Waals surface area contributed by atoms with E-state index in [9.17, 15) is 13.9 Å². The van der Waals surface area contributed by atoms with E-state index in [2.05, 4.69) is 5.32 Å². The zero-order chi connectivity index (χ0) is 15.2. The Hall–Kier alpha value is -2.14. The van der Waals surface area contributed by atoms with Crippen molar-refractivity contribution in [3.05, 3.63) is 59.7 Å². The second-order valence-electron chi connectivity index (χ2n) is 4.49. The van der Waals surface area contributed by atoms with Crippen molar-refractivity contribution in [2.75, 3.05) is 18.5 Å². The second kappa shape index (κ2) is 7.04. The van der Waals surface area contributed by atoms with Crippen molar-refractivity contribution in [1.29, 1.82) is 0 Å². The molecule has 2 aromatic carbocycles. The van der Waals surface area contributed by atoms with Crippen LogP contribution in [0.5, 0.6) is 5.75 Å². The number of nitrogens with one attached hydrogen (secondary N) is 1. The Labute approximate surface area is 122 Å². The summed E-state index contributed by atoms with van der Waals surface area (Å²) >= 11 is 0. The van der Waals surface area contributed by atoms with Gasteiger partial charge in [0.1, 0.15) is 23.5 Å². The molecule has 0 radical (unpaired) electrons. The molecular formula is C16H17F2NO2. The molecule has 1 unspecified atom stereocenters. The Balaban J connectivity index is 2.04. The first-order valence-corrected chi connectivity index (χ1v) is 6.70. The molecule has 0 heterocycles. The van der Waals surface area contributed by atoms with Gasteiger partial charge in [0.15, 0.2) is 0 Å². The summed E-state index contributed by atoms with van der Waals surface area (Å²) in [5.41, 5.74) is 0.378. The van der Waals surface area contributed by atoms with Gasteiger partial charge in [-0.1, -0.05) is 12.1 Å². The third-order valence-corrected chi connectivity index (χ3v) is 2.98. The number of halogens is 2. The fourth-order valence-electron chi connectivity index (χ4n) is 2.01. The Bertz CT molecular complexity index is 584. The predicted octanol–water partition coefficient (Wildman–Crippen LogP) is 3.51. The summed E-state index contributed by atoms with van der Waals surface area (Å²) < 4.78 is 32.4. The van der Waals surface area contributed by atoms with E-state index >= 15 is 0 Å². The van der Waals surface area contributed by atoms with Crippen LogP contribution in [0.4, 0.5) is 14.5 Å². The maximum atomic E-state index is 13.5. The van der Waals surface area contributed by atoms with Crippen LogP contribution in [0.1, 0.15) is 18.6 Å². The Kier molecular flexibility index (Phi) is 5.11.